The second-order valence-electron chi connectivity index (χ2n) is 7.11. The molecule has 0 aliphatic carbocycles. The van der Waals surface area contributed by atoms with Gasteiger partial charge in [-0.05, 0) is 38.8 Å². The molecule has 0 unspecified atom stereocenters. The molecule has 0 amide bonds. The first kappa shape index (κ1) is 16.3. The summed E-state index contributed by atoms with van der Waals surface area (Å²) in [5.41, 5.74) is 2.02. The smallest absolute Gasteiger partial charge is 0.493 e. The lowest BCUT2D eigenvalue weighted by atomic mass is 9.76. The molecule has 0 radical (unpaired) electrons. The Balaban J connectivity index is 1.97. The van der Waals surface area contributed by atoms with Crippen LogP contribution in [-0.2, 0) is 31.7 Å². The third-order valence-electron chi connectivity index (χ3n) is 4.96. The maximum absolute atomic E-state index is 11.6. The highest BCUT2D eigenvalue weighted by Gasteiger charge is 2.52. The van der Waals surface area contributed by atoms with E-state index < -0.39 is 18.3 Å². The van der Waals surface area contributed by atoms with Crippen LogP contribution in [-0.4, -0.2) is 38.0 Å². The van der Waals surface area contributed by atoms with Crippen molar-refractivity contribution < 1.29 is 23.6 Å². The summed E-state index contributed by atoms with van der Waals surface area (Å²) in [6, 6.07) is 3.94. The van der Waals surface area contributed by atoms with Gasteiger partial charge in [-0.1, -0.05) is 12.1 Å². The quantitative estimate of drug-likeness (QED) is 0.626. The van der Waals surface area contributed by atoms with Crippen LogP contribution in [0, 0.1) is 0 Å². The van der Waals surface area contributed by atoms with Crippen molar-refractivity contribution >= 4 is 18.6 Å². The molecular weight excluding hydrogens is 295 g/mol. The fourth-order valence-corrected chi connectivity index (χ4v) is 2.89. The number of methoxy groups -OCH3 is 1. The van der Waals surface area contributed by atoms with Gasteiger partial charge in [0.25, 0.3) is 0 Å². The highest BCUT2D eigenvalue weighted by molar-refractivity contribution is 6.63. The second-order valence-corrected chi connectivity index (χ2v) is 7.11. The Morgan fingerprint density at radius 3 is 2.48 bits per heavy atom. The summed E-state index contributed by atoms with van der Waals surface area (Å²) in [7, 11) is 0.901. The van der Waals surface area contributed by atoms with E-state index in [0.717, 1.165) is 28.8 Å². The van der Waals surface area contributed by atoms with Gasteiger partial charge in [0.15, 0.2) is 0 Å². The Bertz CT molecular complexity index is 622. The number of carbonyl (C=O) groups is 1. The lowest BCUT2D eigenvalue weighted by Crippen LogP contribution is -2.41. The highest BCUT2D eigenvalue weighted by atomic mass is 16.7. The summed E-state index contributed by atoms with van der Waals surface area (Å²) < 4.78 is 22.8. The number of esters is 1. The predicted molar refractivity (Wildman–Crippen MR) is 87.1 cm³/mol. The molecule has 3 rings (SSSR count). The largest absolute Gasteiger partial charge is 0.498 e. The normalized spacial score (nSPS) is 21.0. The topological polar surface area (TPSA) is 54.0 Å². The number of benzene rings is 1. The van der Waals surface area contributed by atoms with Crippen LogP contribution in [0.3, 0.4) is 0 Å². The van der Waals surface area contributed by atoms with E-state index in [2.05, 4.69) is 0 Å². The van der Waals surface area contributed by atoms with Crippen LogP contribution in [0.4, 0.5) is 0 Å². The Labute approximate surface area is 137 Å². The van der Waals surface area contributed by atoms with E-state index in [1.54, 1.807) is 0 Å². The molecule has 1 saturated heterocycles. The van der Waals surface area contributed by atoms with Gasteiger partial charge >= 0.3 is 13.1 Å². The molecule has 23 heavy (non-hydrogen) atoms. The molecule has 124 valence electrons. The molecule has 2 aliphatic rings. The molecule has 1 aromatic carbocycles. The van der Waals surface area contributed by atoms with Crippen molar-refractivity contribution in [1.29, 1.82) is 0 Å². The van der Waals surface area contributed by atoms with E-state index in [0.29, 0.717) is 6.61 Å². The van der Waals surface area contributed by atoms with Crippen molar-refractivity contribution in [2.75, 3.05) is 13.7 Å². The monoisotopic (exact) mass is 318 g/mol. The number of hydrogen-bond acceptors (Lipinski definition) is 5. The van der Waals surface area contributed by atoms with Crippen molar-refractivity contribution in [3.63, 3.8) is 0 Å². The molecule has 0 bridgehead atoms. The molecule has 5 nitrogen and oxygen atoms in total. The third-order valence-corrected chi connectivity index (χ3v) is 4.96. The summed E-state index contributed by atoms with van der Waals surface area (Å²) in [6.07, 6.45) is 1.06. The fraction of sp³-hybridized carbons (Fsp3) is 0.588. The summed E-state index contributed by atoms with van der Waals surface area (Å²) >= 11 is 0. The minimum atomic E-state index is -0.496. The maximum atomic E-state index is 11.6. The summed E-state index contributed by atoms with van der Waals surface area (Å²) in [4.78, 5) is 11.6. The second kappa shape index (κ2) is 5.53. The van der Waals surface area contributed by atoms with Gasteiger partial charge < -0.3 is 18.8 Å². The summed E-state index contributed by atoms with van der Waals surface area (Å²) in [5, 5.41) is 0. The first-order valence-corrected chi connectivity index (χ1v) is 7.94. The van der Waals surface area contributed by atoms with Crippen LogP contribution in [0.25, 0.3) is 0 Å². The first-order valence-electron chi connectivity index (χ1n) is 7.94. The van der Waals surface area contributed by atoms with Gasteiger partial charge in [-0.25, -0.2) is 0 Å². The minimum absolute atomic E-state index is 0.232. The van der Waals surface area contributed by atoms with Crippen molar-refractivity contribution in [3.8, 4) is 5.75 Å². The fourth-order valence-electron chi connectivity index (χ4n) is 2.89. The first-order chi connectivity index (χ1) is 10.7. The minimum Gasteiger partial charge on any atom is -0.493 e. The molecule has 0 aromatic heterocycles. The van der Waals surface area contributed by atoms with Gasteiger partial charge in [0.05, 0.1) is 31.3 Å². The molecule has 0 saturated carbocycles. The van der Waals surface area contributed by atoms with Gasteiger partial charge in [-0.2, -0.15) is 0 Å². The van der Waals surface area contributed by atoms with E-state index in [4.69, 9.17) is 18.8 Å². The van der Waals surface area contributed by atoms with E-state index in [9.17, 15) is 4.79 Å². The summed E-state index contributed by atoms with van der Waals surface area (Å²) in [6.45, 7) is 8.72. The van der Waals surface area contributed by atoms with E-state index >= 15 is 0 Å². The van der Waals surface area contributed by atoms with Crippen molar-refractivity contribution in [3.05, 3.63) is 23.3 Å². The Morgan fingerprint density at radius 1 is 1.22 bits per heavy atom. The molecule has 1 aromatic rings. The molecule has 1 fully saturated rings. The Kier molecular flexibility index (Phi) is 3.93. The standard InChI is InChI=1S/C17H23BO5/c1-16(2)17(3,4)23-18(22-16)13-9-11(10-14(19)20-5)8-12-6-7-21-15(12)13/h8-9H,6-7,10H2,1-5H3. The SMILES string of the molecule is COC(=O)Cc1cc2c(c(B3OC(C)(C)C(C)(C)O3)c1)OCC2. The zero-order chi connectivity index (χ0) is 16.8. The van der Waals surface area contributed by atoms with Crippen LogP contribution in [0.5, 0.6) is 5.75 Å². The van der Waals surface area contributed by atoms with Crippen LogP contribution < -0.4 is 10.2 Å². The van der Waals surface area contributed by atoms with Crippen molar-refractivity contribution in [2.45, 2.75) is 51.7 Å². The third kappa shape index (κ3) is 2.86. The van der Waals surface area contributed by atoms with E-state index in [1.807, 2.05) is 39.8 Å². The predicted octanol–water partition coefficient (Wildman–Crippen LogP) is 1.64. The van der Waals surface area contributed by atoms with E-state index in [1.165, 1.54) is 7.11 Å². The zero-order valence-electron chi connectivity index (χ0n) is 14.4. The van der Waals surface area contributed by atoms with Gasteiger partial charge in [-0.3, -0.25) is 4.79 Å². The number of rotatable bonds is 3. The molecule has 6 heteroatoms. The number of hydrogen-bond donors (Lipinski definition) is 0. The van der Waals surface area contributed by atoms with Crippen LogP contribution in [0.1, 0.15) is 38.8 Å². The number of ether oxygens (including phenoxy) is 2. The van der Waals surface area contributed by atoms with Gasteiger partial charge in [0.1, 0.15) is 5.75 Å². The maximum Gasteiger partial charge on any atom is 0.498 e. The van der Waals surface area contributed by atoms with Crippen LogP contribution in [0.2, 0.25) is 0 Å². The van der Waals surface area contributed by atoms with E-state index in [-0.39, 0.29) is 12.4 Å². The van der Waals surface area contributed by atoms with Crippen molar-refractivity contribution in [1.82, 2.24) is 0 Å². The average Bonchev–Trinajstić information content (AvgIpc) is 3.00. The van der Waals surface area contributed by atoms with Crippen molar-refractivity contribution in [2.24, 2.45) is 0 Å². The molecular formula is C17H23BO5. The highest BCUT2D eigenvalue weighted by Crippen LogP contribution is 2.38. The molecule has 0 N–H and O–H groups in total. The Hall–Kier alpha value is -1.53. The molecule has 2 aliphatic heterocycles. The van der Waals surface area contributed by atoms with Gasteiger partial charge in [-0.15, -0.1) is 0 Å². The molecule has 2 heterocycles. The molecule has 0 spiro atoms. The van der Waals surface area contributed by atoms with Crippen LogP contribution >= 0.6 is 0 Å². The summed E-state index contributed by atoms with van der Waals surface area (Å²) in [5.74, 6) is 0.570. The zero-order valence-corrected chi connectivity index (χ0v) is 14.4. The van der Waals surface area contributed by atoms with Gasteiger partial charge in [0.2, 0.25) is 0 Å². The lowest BCUT2D eigenvalue weighted by molar-refractivity contribution is -0.139. The number of fused-ring (bicyclic) bond motifs is 1. The average molecular weight is 318 g/mol. The Morgan fingerprint density at radius 2 is 1.87 bits per heavy atom. The molecule has 0 atom stereocenters. The lowest BCUT2D eigenvalue weighted by Gasteiger charge is -2.32. The number of carbonyl (C=O) groups excluding carboxylic acids is 1. The van der Waals surface area contributed by atoms with Gasteiger partial charge in [0, 0.05) is 11.9 Å². The van der Waals surface area contributed by atoms with Crippen LogP contribution in [0.15, 0.2) is 12.1 Å².